The zero-order valence-corrected chi connectivity index (χ0v) is 7.81. The van der Waals surface area contributed by atoms with E-state index in [2.05, 4.69) is 0 Å². The van der Waals surface area contributed by atoms with Crippen LogP contribution in [-0.4, -0.2) is 16.3 Å². The lowest BCUT2D eigenvalue weighted by atomic mass is 9.94. The third kappa shape index (κ3) is 1.95. The smallest absolute Gasteiger partial charge is 0.157 e. The van der Waals surface area contributed by atoms with E-state index in [1.54, 1.807) is 13.0 Å². The van der Waals surface area contributed by atoms with Crippen molar-refractivity contribution in [2.24, 2.45) is 5.73 Å². The highest BCUT2D eigenvalue weighted by atomic mass is 16.3. The average molecular weight is 192 g/mol. The third-order valence-corrected chi connectivity index (χ3v) is 2.02. The van der Waals surface area contributed by atoms with E-state index in [9.17, 15) is 5.11 Å². The maximum Gasteiger partial charge on any atom is 0.157 e. The van der Waals surface area contributed by atoms with E-state index in [0.717, 1.165) is 0 Å². The predicted molar refractivity (Wildman–Crippen MR) is 51.8 cm³/mol. The van der Waals surface area contributed by atoms with Gasteiger partial charge >= 0.3 is 0 Å². The summed E-state index contributed by atoms with van der Waals surface area (Å²) in [6, 6.07) is 6.00. The Hall–Kier alpha value is -1.73. The maximum absolute atomic E-state index is 9.23. The van der Waals surface area contributed by atoms with Gasteiger partial charge in [-0.05, 0) is 24.6 Å². The van der Waals surface area contributed by atoms with Gasteiger partial charge in [0.2, 0.25) is 0 Å². The molecule has 14 heavy (non-hydrogen) atoms. The number of nitrogens with two attached hydrogens (primary N) is 1. The molecule has 0 aliphatic carbocycles. The van der Waals surface area contributed by atoms with Gasteiger partial charge in [-0.25, -0.2) is 0 Å². The van der Waals surface area contributed by atoms with Crippen LogP contribution in [0.4, 0.5) is 0 Å². The Morgan fingerprint density at radius 1 is 1.36 bits per heavy atom. The molecule has 0 saturated carbocycles. The molecule has 0 radical (unpaired) electrons. The first kappa shape index (κ1) is 10.4. The van der Waals surface area contributed by atoms with E-state index in [1.807, 2.05) is 6.07 Å². The third-order valence-electron chi connectivity index (χ3n) is 2.02. The Kier molecular flexibility index (Phi) is 2.95. The van der Waals surface area contributed by atoms with Gasteiger partial charge < -0.3 is 15.9 Å². The van der Waals surface area contributed by atoms with Gasteiger partial charge in [0.05, 0.1) is 12.0 Å². The van der Waals surface area contributed by atoms with Gasteiger partial charge in [-0.15, -0.1) is 0 Å². The van der Waals surface area contributed by atoms with E-state index in [4.69, 9.17) is 16.1 Å². The molecule has 0 aliphatic rings. The highest BCUT2D eigenvalue weighted by Gasteiger charge is 2.16. The number of nitriles is 1. The van der Waals surface area contributed by atoms with Gasteiger partial charge in [-0.2, -0.15) is 5.26 Å². The summed E-state index contributed by atoms with van der Waals surface area (Å²) in [5, 5.41) is 27.1. The van der Waals surface area contributed by atoms with Crippen molar-refractivity contribution in [2.45, 2.75) is 18.9 Å². The lowest BCUT2D eigenvalue weighted by Gasteiger charge is -2.13. The Labute approximate surface area is 82.2 Å². The van der Waals surface area contributed by atoms with Crippen molar-refractivity contribution in [3.05, 3.63) is 23.8 Å². The number of aromatic hydroxyl groups is 2. The second-order valence-electron chi connectivity index (χ2n) is 3.21. The standard InChI is InChI=1S/C10H12N2O2/c1-6(12)8(5-11)7-2-3-9(13)10(14)4-7/h2-4,6,8,13-14H,12H2,1H3. The molecule has 0 amide bonds. The second kappa shape index (κ2) is 3.99. The molecule has 4 N–H and O–H groups in total. The zero-order valence-electron chi connectivity index (χ0n) is 7.81. The van der Waals surface area contributed by atoms with Crippen LogP contribution < -0.4 is 5.73 Å². The van der Waals surface area contributed by atoms with Gasteiger partial charge in [0.25, 0.3) is 0 Å². The minimum Gasteiger partial charge on any atom is -0.504 e. The number of nitrogens with zero attached hydrogens (tertiary/aromatic N) is 1. The number of phenolic OH excluding ortho intramolecular Hbond substituents is 2. The van der Waals surface area contributed by atoms with Crippen molar-refractivity contribution in [1.29, 1.82) is 5.26 Å². The van der Waals surface area contributed by atoms with Crippen LogP contribution in [0.1, 0.15) is 18.4 Å². The molecule has 1 aromatic carbocycles. The molecule has 1 aromatic rings. The average Bonchev–Trinajstić information content (AvgIpc) is 2.11. The molecular weight excluding hydrogens is 180 g/mol. The molecule has 2 unspecified atom stereocenters. The quantitative estimate of drug-likeness (QED) is 0.611. The topological polar surface area (TPSA) is 90.3 Å². The van der Waals surface area contributed by atoms with Crippen molar-refractivity contribution in [3.63, 3.8) is 0 Å². The number of hydrogen-bond acceptors (Lipinski definition) is 4. The number of phenols is 2. The van der Waals surface area contributed by atoms with Crippen LogP contribution >= 0.6 is 0 Å². The molecular formula is C10H12N2O2. The molecule has 0 bridgehead atoms. The highest BCUT2D eigenvalue weighted by molar-refractivity contribution is 5.43. The van der Waals surface area contributed by atoms with E-state index >= 15 is 0 Å². The molecule has 0 heterocycles. The SMILES string of the molecule is CC(N)C(C#N)c1ccc(O)c(O)c1. The van der Waals surface area contributed by atoms with Crippen LogP contribution in [0.25, 0.3) is 0 Å². The first-order valence-electron chi connectivity index (χ1n) is 4.23. The van der Waals surface area contributed by atoms with Crippen molar-refractivity contribution >= 4 is 0 Å². The Balaban J connectivity index is 3.08. The van der Waals surface area contributed by atoms with E-state index < -0.39 is 5.92 Å². The fourth-order valence-electron chi connectivity index (χ4n) is 1.23. The Morgan fingerprint density at radius 3 is 2.43 bits per heavy atom. The van der Waals surface area contributed by atoms with Crippen LogP contribution in [0.2, 0.25) is 0 Å². The van der Waals surface area contributed by atoms with Crippen molar-refractivity contribution in [3.8, 4) is 17.6 Å². The minimum absolute atomic E-state index is 0.199. The summed E-state index contributed by atoms with van der Waals surface area (Å²) in [5.41, 5.74) is 6.21. The van der Waals surface area contributed by atoms with Gasteiger partial charge in [-0.1, -0.05) is 6.07 Å². The van der Waals surface area contributed by atoms with Gasteiger partial charge in [0.15, 0.2) is 11.5 Å². The molecule has 4 nitrogen and oxygen atoms in total. The lowest BCUT2D eigenvalue weighted by molar-refractivity contribution is 0.402. The van der Waals surface area contributed by atoms with Crippen molar-refractivity contribution < 1.29 is 10.2 Å². The van der Waals surface area contributed by atoms with E-state index in [0.29, 0.717) is 5.56 Å². The highest BCUT2D eigenvalue weighted by Crippen LogP contribution is 2.29. The zero-order chi connectivity index (χ0) is 10.7. The number of rotatable bonds is 2. The van der Waals surface area contributed by atoms with Gasteiger partial charge in [0.1, 0.15) is 0 Å². The number of hydrogen-bond donors (Lipinski definition) is 3. The summed E-state index contributed by atoms with van der Waals surface area (Å²) < 4.78 is 0. The summed E-state index contributed by atoms with van der Waals surface area (Å²) in [5.74, 6) is -0.903. The lowest BCUT2D eigenvalue weighted by Crippen LogP contribution is -2.23. The summed E-state index contributed by atoms with van der Waals surface area (Å²) >= 11 is 0. The molecule has 1 rings (SSSR count). The summed E-state index contributed by atoms with van der Waals surface area (Å²) in [6.45, 7) is 1.72. The number of benzene rings is 1. The van der Waals surface area contributed by atoms with Gasteiger partial charge in [0, 0.05) is 6.04 Å². The van der Waals surface area contributed by atoms with Crippen molar-refractivity contribution in [2.75, 3.05) is 0 Å². The first-order valence-corrected chi connectivity index (χ1v) is 4.23. The monoisotopic (exact) mass is 192 g/mol. The normalized spacial score (nSPS) is 14.4. The summed E-state index contributed by atoms with van der Waals surface area (Å²) in [4.78, 5) is 0. The molecule has 0 aromatic heterocycles. The Bertz CT molecular complexity index is 369. The first-order chi connectivity index (χ1) is 6.56. The van der Waals surface area contributed by atoms with Crippen LogP contribution in [-0.2, 0) is 0 Å². The Morgan fingerprint density at radius 2 is 2.00 bits per heavy atom. The molecule has 0 spiro atoms. The molecule has 74 valence electrons. The summed E-state index contributed by atoms with van der Waals surface area (Å²) in [7, 11) is 0. The van der Waals surface area contributed by atoms with Crippen molar-refractivity contribution in [1.82, 2.24) is 0 Å². The van der Waals surface area contributed by atoms with Crippen LogP contribution in [0.5, 0.6) is 11.5 Å². The minimum atomic E-state index is -0.471. The van der Waals surface area contributed by atoms with Gasteiger partial charge in [-0.3, -0.25) is 0 Å². The second-order valence-corrected chi connectivity index (χ2v) is 3.21. The van der Waals surface area contributed by atoms with Crippen LogP contribution in [0, 0.1) is 11.3 Å². The molecule has 2 atom stereocenters. The predicted octanol–water partition coefficient (Wildman–Crippen LogP) is 1.05. The van der Waals surface area contributed by atoms with Crippen LogP contribution in [0.3, 0.4) is 0 Å². The maximum atomic E-state index is 9.23. The largest absolute Gasteiger partial charge is 0.504 e. The molecule has 4 heteroatoms. The fourth-order valence-corrected chi connectivity index (χ4v) is 1.23. The van der Waals surface area contributed by atoms with E-state index in [1.165, 1.54) is 12.1 Å². The van der Waals surface area contributed by atoms with Crippen LogP contribution in [0.15, 0.2) is 18.2 Å². The summed E-state index contributed by atoms with van der Waals surface area (Å²) in [6.07, 6.45) is 0. The fraction of sp³-hybridized carbons (Fsp3) is 0.300. The molecule has 0 fully saturated rings. The van der Waals surface area contributed by atoms with E-state index in [-0.39, 0.29) is 17.5 Å². The molecule has 0 saturated heterocycles. The molecule has 0 aliphatic heterocycles.